The summed E-state index contributed by atoms with van der Waals surface area (Å²) in [7, 11) is 0. The molecule has 26 heavy (non-hydrogen) atoms. The molecular formula is C19H21N3O3S. The van der Waals surface area contributed by atoms with Gasteiger partial charge in [-0.05, 0) is 31.1 Å². The van der Waals surface area contributed by atoms with Gasteiger partial charge in [-0.3, -0.25) is 19.9 Å². The number of benzene rings is 2. The topological polar surface area (TPSA) is 79.5 Å². The first-order valence-electron chi connectivity index (χ1n) is 8.18. The van der Waals surface area contributed by atoms with Crippen molar-refractivity contribution in [1.29, 1.82) is 0 Å². The molecule has 2 rings (SSSR count). The van der Waals surface area contributed by atoms with Crippen molar-refractivity contribution in [2.45, 2.75) is 13.3 Å². The van der Waals surface area contributed by atoms with Gasteiger partial charge in [-0.2, -0.15) is 0 Å². The Morgan fingerprint density at radius 2 is 1.65 bits per heavy atom. The molecule has 0 spiro atoms. The second-order valence-electron chi connectivity index (χ2n) is 5.58. The van der Waals surface area contributed by atoms with Crippen molar-refractivity contribution in [3.63, 3.8) is 0 Å². The van der Waals surface area contributed by atoms with Crippen LogP contribution in [-0.4, -0.2) is 23.4 Å². The zero-order valence-corrected chi connectivity index (χ0v) is 15.2. The van der Waals surface area contributed by atoms with Crippen LogP contribution in [0.5, 0.6) is 0 Å². The molecule has 0 aromatic heterocycles. The summed E-state index contributed by atoms with van der Waals surface area (Å²) in [4.78, 5) is 29.6. The van der Waals surface area contributed by atoms with Crippen LogP contribution in [0.3, 0.4) is 0 Å². The molecule has 0 saturated carbocycles. The van der Waals surface area contributed by atoms with Gasteiger partial charge in [0.15, 0.2) is 10.9 Å². The Morgan fingerprint density at radius 1 is 1.04 bits per heavy atom. The molecule has 2 aromatic rings. The lowest BCUT2D eigenvalue weighted by molar-refractivity contribution is -0.121. The molecule has 0 bridgehead atoms. The van der Waals surface area contributed by atoms with E-state index >= 15 is 0 Å². The van der Waals surface area contributed by atoms with Crippen LogP contribution in [0.15, 0.2) is 60.7 Å². The van der Waals surface area contributed by atoms with Crippen LogP contribution >= 0.6 is 12.2 Å². The quantitative estimate of drug-likeness (QED) is 0.217. The molecular weight excluding hydrogens is 350 g/mol. The molecule has 1 amide bonds. The number of carbonyl (C=O) groups is 2. The van der Waals surface area contributed by atoms with Gasteiger partial charge in [0, 0.05) is 5.56 Å². The highest BCUT2D eigenvalue weighted by Gasteiger charge is 2.23. The molecule has 0 aliphatic rings. The van der Waals surface area contributed by atoms with Gasteiger partial charge in [0.2, 0.25) is 5.91 Å². The van der Waals surface area contributed by atoms with Crippen molar-refractivity contribution in [3.05, 3.63) is 71.8 Å². The van der Waals surface area contributed by atoms with Crippen LogP contribution in [0.4, 0.5) is 0 Å². The van der Waals surface area contributed by atoms with Gasteiger partial charge in [-0.15, -0.1) is 5.59 Å². The van der Waals surface area contributed by atoms with E-state index in [1.165, 1.54) is 6.92 Å². The first-order chi connectivity index (χ1) is 12.6. The van der Waals surface area contributed by atoms with Crippen LogP contribution in [0.2, 0.25) is 0 Å². The van der Waals surface area contributed by atoms with Crippen LogP contribution in [0.25, 0.3) is 0 Å². The first kappa shape index (κ1) is 19.7. The third-order valence-electron chi connectivity index (χ3n) is 3.65. The second kappa shape index (κ2) is 10.4. The van der Waals surface area contributed by atoms with Crippen molar-refractivity contribution in [2.75, 3.05) is 6.61 Å². The third kappa shape index (κ3) is 6.36. The number of hydrogen-bond donors (Lipinski definition) is 3. The Balaban J connectivity index is 1.66. The standard InChI is InChI=1S/C19H21N3O3S/c1-14(17(23)16-10-6-3-7-11-16)18(24)20-19(26)21-22-25-13-12-15-8-4-2-5-9-15/h2-11,14,22H,12-13H2,1H3,(H2,20,21,24,26). The van der Waals surface area contributed by atoms with Crippen molar-refractivity contribution < 1.29 is 14.4 Å². The highest BCUT2D eigenvalue weighted by atomic mass is 32.1. The van der Waals surface area contributed by atoms with E-state index in [1.54, 1.807) is 24.3 Å². The molecule has 136 valence electrons. The van der Waals surface area contributed by atoms with Crippen LogP contribution in [0, 0.1) is 5.92 Å². The van der Waals surface area contributed by atoms with Gasteiger partial charge in [-0.25, -0.2) is 0 Å². The monoisotopic (exact) mass is 371 g/mol. The molecule has 3 N–H and O–H groups in total. The summed E-state index contributed by atoms with van der Waals surface area (Å²) in [6.45, 7) is 1.97. The Hall–Kier alpha value is -2.61. The first-order valence-corrected chi connectivity index (χ1v) is 8.59. The third-order valence-corrected chi connectivity index (χ3v) is 3.86. The minimum absolute atomic E-state index is 0.0300. The van der Waals surface area contributed by atoms with E-state index in [0.29, 0.717) is 12.2 Å². The maximum Gasteiger partial charge on any atom is 0.236 e. The molecule has 0 radical (unpaired) electrons. The summed E-state index contributed by atoms with van der Waals surface area (Å²) in [5.74, 6) is -1.60. The zero-order valence-electron chi connectivity index (χ0n) is 14.4. The van der Waals surface area contributed by atoms with Crippen LogP contribution in [-0.2, 0) is 16.1 Å². The SMILES string of the molecule is CC(C(=O)NC(=S)NNOCCc1ccccc1)C(=O)c1ccccc1. The number of carbonyl (C=O) groups excluding carboxylic acids is 2. The van der Waals surface area contributed by atoms with Crippen molar-refractivity contribution in [2.24, 2.45) is 5.92 Å². The van der Waals surface area contributed by atoms with E-state index < -0.39 is 11.8 Å². The minimum atomic E-state index is -0.851. The molecule has 0 fully saturated rings. The number of thiocarbonyl (C=S) groups is 1. The molecule has 2 aromatic carbocycles. The Kier molecular flexibility index (Phi) is 7.88. The van der Waals surface area contributed by atoms with Crippen molar-refractivity contribution in [3.8, 4) is 0 Å². The molecule has 0 aliphatic carbocycles. The van der Waals surface area contributed by atoms with Crippen molar-refractivity contribution >= 4 is 29.0 Å². The lowest BCUT2D eigenvalue weighted by Gasteiger charge is -2.14. The van der Waals surface area contributed by atoms with E-state index in [0.717, 1.165) is 12.0 Å². The molecule has 7 heteroatoms. The lowest BCUT2D eigenvalue weighted by Crippen LogP contribution is -2.48. The number of Topliss-reactive ketones (excluding diaryl/α,β-unsaturated/α-hetero) is 1. The maximum atomic E-state index is 12.2. The average Bonchev–Trinajstić information content (AvgIpc) is 2.68. The van der Waals surface area contributed by atoms with E-state index in [1.807, 2.05) is 36.4 Å². The average molecular weight is 371 g/mol. The fourth-order valence-electron chi connectivity index (χ4n) is 2.17. The Morgan fingerprint density at radius 3 is 2.31 bits per heavy atom. The number of hydrogen-bond acceptors (Lipinski definition) is 5. The van der Waals surface area contributed by atoms with E-state index in [4.69, 9.17) is 17.1 Å². The van der Waals surface area contributed by atoms with E-state index in [9.17, 15) is 9.59 Å². The fourth-order valence-corrected chi connectivity index (χ4v) is 2.31. The van der Waals surface area contributed by atoms with Crippen LogP contribution in [0.1, 0.15) is 22.8 Å². The van der Waals surface area contributed by atoms with Crippen LogP contribution < -0.4 is 16.3 Å². The summed E-state index contributed by atoms with van der Waals surface area (Å²) in [5, 5.41) is 2.49. The predicted octanol–water partition coefficient (Wildman–Crippen LogP) is 2.17. The summed E-state index contributed by atoms with van der Waals surface area (Å²) in [6.07, 6.45) is 0.733. The van der Waals surface area contributed by atoms with E-state index in [-0.39, 0.29) is 10.9 Å². The van der Waals surface area contributed by atoms with Gasteiger partial charge in [0.1, 0.15) is 0 Å². The Labute approximate surface area is 157 Å². The zero-order chi connectivity index (χ0) is 18.8. The number of hydrazine groups is 1. The molecule has 1 unspecified atom stereocenters. The highest BCUT2D eigenvalue weighted by Crippen LogP contribution is 2.08. The van der Waals surface area contributed by atoms with Crippen molar-refractivity contribution in [1.82, 2.24) is 16.3 Å². The molecule has 0 saturated heterocycles. The largest absolute Gasteiger partial charge is 0.301 e. The predicted molar refractivity (Wildman–Crippen MR) is 103 cm³/mol. The smallest absolute Gasteiger partial charge is 0.236 e. The number of ketones is 1. The molecule has 0 aliphatic heterocycles. The number of nitrogens with one attached hydrogen (secondary N) is 3. The summed E-state index contributed by atoms with van der Waals surface area (Å²) in [5.41, 5.74) is 6.65. The number of rotatable bonds is 8. The van der Waals surface area contributed by atoms with Gasteiger partial charge >= 0.3 is 0 Å². The maximum absolute atomic E-state index is 12.2. The summed E-state index contributed by atoms with van der Waals surface area (Å²) < 4.78 is 0. The summed E-state index contributed by atoms with van der Waals surface area (Å²) in [6, 6.07) is 18.5. The normalized spacial score (nSPS) is 11.4. The second-order valence-corrected chi connectivity index (χ2v) is 5.99. The van der Waals surface area contributed by atoms with Gasteiger partial charge in [0.25, 0.3) is 0 Å². The molecule has 0 heterocycles. The Bertz CT molecular complexity index is 738. The van der Waals surface area contributed by atoms with Gasteiger partial charge in [-0.1, -0.05) is 60.7 Å². The molecule has 6 nitrogen and oxygen atoms in total. The van der Waals surface area contributed by atoms with E-state index in [2.05, 4.69) is 16.3 Å². The minimum Gasteiger partial charge on any atom is -0.301 e. The van der Waals surface area contributed by atoms with Gasteiger partial charge < -0.3 is 5.32 Å². The lowest BCUT2D eigenvalue weighted by atomic mass is 9.99. The number of amides is 1. The fraction of sp³-hybridized carbons (Fsp3) is 0.211. The van der Waals surface area contributed by atoms with Gasteiger partial charge in [0.05, 0.1) is 12.5 Å². The molecule has 1 atom stereocenters. The summed E-state index contributed by atoms with van der Waals surface area (Å²) >= 11 is 5.00. The highest BCUT2D eigenvalue weighted by molar-refractivity contribution is 7.80.